The van der Waals surface area contributed by atoms with Crippen molar-refractivity contribution in [1.82, 2.24) is 0 Å². The number of rotatable bonds is 19. The number of hydrogen-bond acceptors (Lipinski definition) is 1. The first-order valence-corrected chi connectivity index (χ1v) is 18.7. The van der Waals surface area contributed by atoms with Crippen molar-refractivity contribution in [2.45, 2.75) is 124 Å². The van der Waals surface area contributed by atoms with Gasteiger partial charge in [0, 0.05) is 0 Å². The van der Waals surface area contributed by atoms with Crippen molar-refractivity contribution < 1.29 is 122 Å². The van der Waals surface area contributed by atoms with E-state index in [1.807, 2.05) is 0 Å². The fourth-order valence-electron chi connectivity index (χ4n) is 4.11. The molecular weight excluding hydrogens is 912 g/mol. The van der Waals surface area contributed by atoms with Crippen LogP contribution >= 0.6 is 0 Å². The first-order valence-electron chi connectivity index (χ1n) is 13.3. The van der Waals surface area contributed by atoms with E-state index in [2.05, 4.69) is 3.07 Å². The molecule has 0 fully saturated rings. The number of hydrogen-bond donors (Lipinski definition) is 0. The quantitative estimate of drug-likeness (QED) is 0.0712. The third-order valence-corrected chi connectivity index (χ3v) is 19.2. The predicted octanol–water partition coefficient (Wildman–Crippen LogP) is 12.1. The van der Waals surface area contributed by atoms with Gasteiger partial charge in [-0.2, -0.15) is 0 Å². The van der Waals surface area contributed by atoms with Gasteiger partial charge in [-0.25, -0.2) is 0 Å². The molecule has 0 aliphatic rings. The second-order valence-electron chi connectivity index (χ2n) is 10.7. The number of unbranched alkanes of at least 4 members (excludes halogenated alkanes) is 7. The standard InChI is InChI=1S/C10H21O.3C4F9.Sn/c1-2-3-4-5-6-7-8-9-10-11;3*5-1(6)2(7,8)3(9,10)4(11,12)13;/h2-10H2,1H3;;;;/q-1;;;;+1. The number of halogens is 27. The van der Waals surface area contributed by atoms with Crippen LogP contribution in [0.5, 0.6) is 0 Å². The van der Waals surface area contributed by atoms with Gasteiger partial charge in [-0.05, 0) is 0 Å². The topological polar surface area (TPSA) is 9.23 Å². The summed E-state index contributed by atoms with van der Waals surface area (Å²) < 4.78 is 348. The Labute approximate surface area is 271 Å². The van der Waals surface area contributed by atoms with Crippen LogP contribution in [0, 0.1) is 0 Å². The van der Waals surface area contributed by atoms with E-state index in [-0.39, 0.29) is 12.8 Å². The summed E-state index contributed by atoms with van der Waals surface area (Å²) in [6, 6.07) is 0. The van der Waals surface area contributed by atoms with Gasteiger partial charge in [0.25, 0.3) is 0 Å². The fraction of sp³-hybridized carbons (Fsp3) is 1.00. The average Bonchev–Trinajstić information content (AvgIpc) is 2.91. The summed E-state index contributed by atoms with van der Waals surface area (Å²) in [6.07, 6.45) is -27.2. The van der Waals surface area contributed by atoms with Gasteiger partial charge in [0.05, 0.1) is 0 Å². The van der Waals surface area contributed by atoms with E-state index in [0.29, 0.717) is 19.3 Å². The number of alkyl halides is 27. The zero-order valence-corrected chi connectivity index (χ0v) is 27.3. The molecule has 0 rings (SSSR count). The Morgan fingerprint density at radius 1 is 0.314 bits per heavy atom. The molecule has 0 saturated heterocycles. The normalized spacial score (nSPS) is 16.2. The van der Waals surface area contributed by atoms with E-state index < -0.39 is 111 Å². The third-order valence-electron chi connectivity index (χ3n) is 7.08. The van der Waals surface area contributed by atoms with Crippen molar-refractivity contribution >= 4 is 18.8 Å². The van der Waals surface area contributed by atoms with Crippen LogP contribution in [-0.4, -0.2) is 91.3 Å². The van der Waals surface area contributed by atoms with E-state index in [4.69, 9.17) is 0 Å². The molecule has 0 atom stereocenters. The molecule has 0 aromatic carbocycles. The van der Waals surface area contributed by atoms with E-state index in [1.54, 1.807) is 6.92 Å². The molecule has 0 heterocycles. The average molecular weight is 933 g/mol. The first-order chi connectivity index (χ1) is 22.1. The van der Waals surface area contributed by atoms with Crippen molar-refractivity contribution in [2.75, 3.05) is 6.61 Å². The molecule has 0 aromatic rings. The van der Waals surface area contributed by atoms with Crippen LogP contribution in [0.4, 0.5) is 119 Å². The van der Waals surface area contributed by atoms with Crippen LogP contribution in [0.25, 0.3) is 0 Å². The Morgan fingerprint density at radius 2 is 0.529 bits per heavy atom. The summed E-state index contributed by atoms with van der Waals surface area (Å²) in [5.41, 5.74) is 0. The zero-order valence-electron chi connectivity index (χ0n) is 24.5. The molecule has 0 radical (unpaired) electrons. The van der Waals surface area contributed by atoms with E-state index in [1.165, 1.54) is 0 Å². The van der Waals surface area contributed by atoms with E-state index in [9.17, 15) is 92.2 Å². The molecule has 0 amide bonds. The van der Waals surface area contributed by atoms with Crippen molar-refractivity contribution in [2.24, 2.45) is 0 Å². The van der Waals surface area contributed by atoms with Crippen molar-refractivity contribution in [3.05, 3.63) is 0 Å². The first kappa shape index (κ1) is 49.9. The fourth-order valence-corrected chi connectivity index (χ4v) is 15.5. The summed E-state index contributed by atoms with van der Waals surface area (Å²) in [6.45, 7) is -1.48. The molecule has 308 valence electrons. The molecule has 1 nitrogen and oxygen atoms in total. The summed E-state index contributed by atoms with van der Waals surface area (Å²) >= 11 is -13.5. The molecule has 29 heteroatoms. The second-order valence-corrected chi connectivity index (χ2v) is 20.8. The molecule has 0 aliphatic carbocycles. The van der Waals surface area contributed by atoms with E-state index in [0.717, 1.165) is 0 Å². The Kier molecular flexibility index (Phi) is 14.5. The summed E-state index contributed by atoms with van der Waals surface area (Å²) in [4.78, 5) is 0. The Hall–Kier alpha value is -1.13. The van der Waals surface area contributed by atoms with Gasteiger partial charge in [-0.15, -0.1) is 0 Å². The van der Waals surface area contributed by atoms with Gasteiger partial charge in [0.15, 0.2) is 0 Å². The third kappa shape index (κ3) is 7.60. The Morgan fingerprint density at radius 3 is 0.745 bits per heavy atom. The van der Waals surface area contributed by atoms with Gasteiger partial charge in [-0.3, -0.25) is 0 Å². The van der Waals surface area contributed by atoms with Gasteiger partial charge >= 0.3 is 271 Å². The van der Waals surface area contributed by atoms with Crippen molar-refractivity contribution in [3.63, 3.8) is 0 Å². The van der Waals surface area contributed by atoms with Crippen molar-refractivity contribution in [1.29, 1.82) is 0 Å². The summed E-state index contributed by atoms with van der Waals surface area (Å²) in [5, 5.41) is 0. The van der Waals surface area contributed by atoms with E-state index >= 15 is 26.3 Å². The van der Waals surface area contributed by atoms with Gasteiger partial charge in [0.2, 0.25) is 0 Å². The van der Waals surface area contributed by atoms with Gasteiger partial charge in [0.1, 0.15) is 0 Å². The Bertz CT molecular complexity index is 1010. The van der Waals surface area contributed by atoms with Gasteiger partial charge < -0.3 is 0 Å². The SMILES string of the molecule is CCCCCCCCCC[O][Sn]([C](F)(F)C(F)(F)C(F)(F)C(F)(F)F)([C](F)(F)C(F)(F)C(F)(F)C(F)(F)F)[C](F)(F)C(F)(F)C(F)(F)C(F)(F)F. The summed E-state index contributed by atoms with van der Waals surface area (Å²) in [5.74, 6) is -55.5. The second kappa shape index (κ2) is 14.8. The van der Waals surface area contributed by atoms with Crippen LogP contribution in [0.15, 0.2) is 0 Å². The molecule has 0 N–H and O–H groups in total. The maximum atomic E-state index is 15.3. The van der Waals surface area contributed by atoms with Crippen LogP contribution in [0.1, 0.15) is 58.3 Å². The van der Waals surface area contributed by atoms with Crippen LogP contribution in [-0.2, 0) is 3.07 Å². The van der Waals surface area contributed by atoms with Crippen LogP contribution in [0.2, 0.25) is 0 Å². The molecule has 0 aliphatic heterocycles. The monoisotopic (exact) mass is 934 g/mol. The molecule has 0 bridgehead atoms. The minimum absolute atomic E-state index is 0.113. The molecule has 51 heavy (non-hydrogen) atoms. The zero-order chi connectivity index (χ0) is 41.6. The van der Waals surface area contributed by atoms with Gasteiger partial charge in [-0.1, -0.05) is 0 Å². The molecule has 0 spiro atoms. The molecule has 0 aromatic heterocycles. The molecule has 0 unspecified atom stereocenters. The molecule has 0 saturated carbocycles. The van der Waals surface area contributed by atoms with Crippen LogP contribution in [0.3, 0.4) is 0 Å². The maximum absolute atomic E-state index is 15.3. The Balaban J connectivity index is 8.54. The minimum atomic E-state index is -13.5. The van der Waals surface area contributed by atoms with Crippen molar-refractivity contribution in [3.8, 4) is 0 Å². The molecular formula is C22H21F27OSn. The van der Waals surface area contributed by atoms with Crippen LogP contribution < -0.4 is 0 Å². The predicted molar refractivity (Wildman–Crippen MR) is 117 cm³/mol. The summed E-state index contributed by atoms with van der Waals surface area (Å²) in [7, 11) is 0.